The zero-order valence-electron chi connectivity index (χ0n) is 22.4. The van der Waals surface area contributed by atoms with E-state index in [1.165, 1.54) is 18.6 Å². The molecule has 0 unspecified atom stereocenters. The normalized spacial score (nSPS) is 18.1. The quantitative estimate of drug-likeness (QED) is 0.324. The van der Waals surface area contributed by atoms with E-state index in [2.05, 4.69) is 20.2 Å². The van der Waals surface area contributed by atoms with Gasteiger partial charge in [-0.2, -0.15) is 0 Å². The molecule has 8 nitrogen and oxygen atoms in total. The molecule has 1 aromatic carbocycles. The third kappa shape index (κ3) is 5.34. The molecule has 4 aromatic rings. The topological polar surface area (TPSA) is 123 Å². The second-order valence-electron chi connectivity index (χ2n) is 10.9. The molecule has 2 aliphatic rings. The van der Waals surface area contributed by atoms with E-state index < -0.39 is 5.82 Å². The first-order valence-electron chi connectivity index (χ1n) is 14.1. The summed E-state index contributed by atoms with van der Waals surface area (Å²) in [5, 5.41) is 4.03. The van der Waals surface area contributed by atoms with Crippen molar-refractivity contribution in [2.24, 2.45) is 5.73 Å². The number of hydrogen-bond acceptors (Lipinski definition) is 7. The second kappa shape index (κ2) is 11.2. The maximum atomic E-state index is 15.1. The van der Waals surface area contributed by atoms with Gasteiger partial charge >= 0.3 is 0 Å². The number of aromatic nitrogens is 3. The molecule has 0 spiro atoms. The number of fused-ring (bicyclic) bond motifs is 1. The summed E-state index contributed by atoms with van der Waals surface area (Å²) in [4.78, 5) is 29.1. The molecular weight excluding hydrogens is 505 g/mol. The smallest absolute Gasteiger partial charge is 0.251 e. The minimum atomic E-state index is -0.461. The van der Waals surface area contributed by atoms with E-state index in [1.807, 2.05) is 12.1 Å². The average molecular weight is 540 g/mol. The molecule has 1 saturated heterocycles. The van der Waals surface area contributed by atoms with Crippen LogP contribution in [0, 0.1) is 5.82 Å². The van der Waals surface area contributed by atoms with Crippen LogP contribution < -0.4 is 21.7 Å². The van der Waals surface area contributed by atoms with Gasteiger partial charge in [0.2, 0.25) is 0 Å². The Morgan fingerprint density at radius 2 is 1.82 bits per heavy atom. The molecule has 0 radical (unpaired) electrons. The van der Waals surface area contributed by atoms with Gasteiger partial charge in [-0.15, -0.1) is 0 Å². The second-order valence-corrected chi connectivity index (χ2v) is 10.9. The van der Waals surface area contributed by atoms with E-state index >= 15 is 4.39 Å². The van der Waals surface area contributed by atoms with Crippen molar-refractivity contribution in [3.63, 3.8) is 0 Å². The van der Waals surface area contributed by atoms with Crippen molar-refractivity contribution in [2.45, 2.75) is 57.0 Å². The van der Waals surface area contributed by atoms with Crippen LogP contribution in [-0.2, 0) is 0 Å². The largest absolute Gasteiger partial charge is 0.397 e. The van der Waals surface area contributed by atoms with Crippen LogP contribution >= 0.6 is 0 Å². The predicted molar refractivity (Wildman–Crippen MR) is 156 cm³/mol. The molecule has 0 bridgehead atoms. The fraction of sp³-hybridized carbons (Fsp3) is 0.355. The summed E-state index contributed by atoms with van der Waals surface area (Å²) in [6.07, 6.45) is 10.9. The number of carbonyl (C=O) groups excluding carboxylic acids is 1. The van der Waals surface area contributed by atoms with Crippen LogP contribution in [0.15, 0.2) is 54.9 Å². The predicted octanol–water partition coefficient (Wildman–Crippen LogP) is 5.07. The molecule has 2 fully saturated rings. The van der Waals surface area contributed by atoms with Crippen LogP contribution in [-0.4, -0.2) is 46.0 Å². The van der Waals surface area contributed by atoms with Crippen LogP contribution in [0.25, 0.3) is 33.5 Å². The number of pyridine rings is 3. The van der Waals surface area contributed by atoms with Gasteiger partial charge in [-0.3, -0.25) is 14.8 Å². The number of nitrogen functional groups attached to an aromatic ring is 1. The van der Waals surface area contributed by atoms with Crippen molar-refractivity contribution in [1.82, 2.24) is 20.3 Å². The van der Waals surface area contributed by atoms with Crippen LogP contribution in [0.3, 0.4) is 0 Å². The Morgan fingerprint density at radius 1 is 0.975 bits per heavy atom. The van der Waals surface area contributed by atoms with Crippen LogP contribution in [0.5, 0.6) is 0 Å². The Kier molecular flexibility index (Phi) is 7.30. The van der Waals surface area contributed by atoms with Crippen molar-refractivity contribution in [3.8, 4) is 22.6 Å². The van der Waals surface area contributed by atoms with Crippen LogP contribution in [0.1, 0.15) is 55.3 Å². The number of carbonyl (C=O) groups is 1. The third-order valence-corrected chi connectivity index (χ3v) is 8.02. The lowest BCUT2D eigenvalue weighted by atomic mass is 9.95. The number of nitrogens with one attached hydrogen (secondary N) is 1. The zero-order valence-corrected chi connectivity index (χ0v) is 22.4. The average Bonchev–Trinajstić information content (AvgIpc) is 2.97. The van der Waals surface area contributed by atoms with Crippen molar-refractivity contribution in [3.05, 3.63) is 66.2 Å². The highest BCUT2D eigenvalue weighted by Gasteiger charge is 2.21. The number of rotatable bonds is 5. The standard InChI is InChI=1S/C31H34FN7O/c32-24-9-8-19(31(40)37-21-6-2-1-3-7-21)15-22(24)26-11-10-25(34)30(38-26)27-16-23-28(17-36-27)35-13-12-29(23)39-14-4-5-20(33)18-39/h8-13,15-17,20-21H,1-7,14,18,33-34H2,(H,37,40)/t20-/m0/s1. The first kappa shape index (κ1) is 26.1. The van der Waals surface area contributed by atoms with Gasteiger partial charge in [-0.05, 0) is 68.1 Å². The van der Waals surface area contributed by atoms with E-state index in [4.69, 9.17) is 16.5 Å². The van der Waals surface area contributed by atoms with Gasteiger partial charge in [0.25, 0.3) is 5.91 Å². The molecule has 5 N–H and O–H groups in total. The third-order valence-electron chi connectivity index (χ3n) is 8.02. The van der Waals surface area contributed by atoms with Gasteiger partial charge in [0, 0.05) is 53.6 Å². The van der Waals surface area contributed by atoms with Gasteiger partial charge in [0.15, 0.2) is 0 Å². The lowest BCUT2D eigenvalue weighted by molar-refractivity contribution is 0.0927. The van der Waals surface area contributed by atoms with Gasteiger partial charge in [-0.1, -0.05) is 19.3 Å². The molecule has 4 heterocycles. The molecule has 9 heteroatoms. The number of benzene rings is 1. The van der Waals surface area contributed by atoms with E-state index in [0.717, 1.165) is 68.2 Å². The Labute approximate surface area is 233 Å². The van der Waals surface area contributed by atoms with Crippen molar-refractivity contribution in [1.29, 1.82) is 0 Å². The summed E-state index contributed by atoms with van der Waals surface area (Å²) < 4.78 is 15.1. The number of halogens is 1. The van der Waals surface area contributed by atoms with Crippen LogP contribution in [0.4, 0.5) is 15.8 Å². The zero-order chi connectivity index (χ0) is 27.6. The van der Waals surface area contributed by atoms with Crippen molar-refractivity contribution < 1.29 is 9.18 Å². The van der Waals surface area contributed by atoms with Crippen LogP contribution in [0.2, 0.25) is 0 Å². The minimum absolute atomic E-state index is 0.127. The fourth-order valence-corrected chi connectivity index (χ4v) is 5.87. The Morgan fingerprint density at radius 3 is 2.65 bits per heavy atom. The molecule has 1 aliphatic carbocycles. The van der Waals surface area contributed by atoms with E-state index in [-0.39, 0.29) is 23.6 Å². The van der Waals surface area contributed by atoms with Crippen molar-refractivity contribution >= 4 is 28.2 Å². The maximum Gasteiger partial charge on any atom is 0.251 e. The molecule has 1 amide bonds. The summed E-state index contributed by atoms with van der Waals surface area (Å²) in [5.74, 6) is -0.658. The fourth-order valence-electron chi connectivity index (χ4n) is 5.87. The van der Waals surface area contributed by atoms with E-state index in [9.17, 15) is 4.79 Å². The summed E-state index contributed by atoms with van der Waals surface area (Å²) in [6, 6.07) is 12.0. The number of amides is 1. The monoisotopic (exact) mass is 539 g/mol. The highest BCUT2D eigenvalue weighted by molar-refractivity contribution is 5.96. The minimum Gasteiger partial charge on any atom is -0.397 e. The molecule has 1 atom stereocenters. The van der Waals surface area contributed by atoms with Gasteiger partial charge in [0.05, 0.1) is 28.8 Å². The summed E-state index contributed by atoms with van der Waals surface area (Å²) in [6.45, 7) is 1.70. The summed E-state index contributed by atoms with van der Waals surface area (Å²) >= 11 is 0. The maximum absolute atomic E-state index is 15.1. The number of anilines is 2. The first-order chi connectivity index (χ1) is 19.5. The number of hydrogen-bond donors (Lipinski definition) is 3. The van der Waals surface area contributed by atoms with Gasteiger partial charge < -0.3 is 21.7 Å². The lowest BCUT2D eigenvalue weighted by Crippen LogP contribution is -2.42. The molecule has 1 aliphatic heterocycles. The molecular formula is C31H34FN7O. The van der Waals surface area contributed by atoms with Gasteiger partial charge in [-0.25, -0.2) is 9.37 Å². The molecule has 40 heavy (non-hydrogen) atoms. The van der Waals surface area contributed by atoms with Gasteiger partial charge in [0.1, 0.15) is 11.5 Å². The Bertz CT molecular complexity index is 1550. The highest BCUT2D eigenvalue weighted by Crippen LogP contribution is 2.33. The SMILES string of the molecule is Nc1ccc(-c2cc(C(=O)NC3CCCCC3)ccc2F)nc1-c1cc2c(N3CCC[C@H](N)C3)ccnc2cn1. The highest BCUT2D eigenvalue weighted by atomic mass is 19.1. The summed E-state index contributed by atoms with van der Waals surface area (Å²) in [7, 11) is 0. The lowest BCUT2D eigenvalue weighted by Gasteiger charge is -2.33. The first-order valence-corrected chi connectivity index (χ1v) is 14.1. The number of piperidine rings is 1. The summed E-state index contributed by atoms with van der Waals surface area (Å²) in [5.41, 5.74) is 16.9. The Hall–Kier alpha value is -4.11. The molecule has 3 aromatic heterocycles. The number of nitrogens with zero attached hydrogens (tertiary/aromatic N) is 4. The van der Waals surface area contributed by atoms with E-state index in [1.54, 1.807) is 30.6 Å². The Balaban J connectivity index is 1.34. The molecule has 206 valence electrons. The van der Waals surface area contributed by atoms with Crippen molar-refractivity contribution in [2.75, 3.05) is 23.7 Å². The number of nitrogens with two attached hydrogens (primary N) is 2. The molecule has 1 saturated carbocycles. The molecule has 6 rings (SSSR count). The van der Waals surface area contributed by atoms with E-state index in [0.29, 0.717) is 28.3 Å².